The number of halogens is 1. The van der Waals surface area contributed by atoms with Gasteiger partial charge in [-0.1, -0.05) is 0 Å². The number of rotatable bonds is 2. The monoisotopic (exact) mass is 289 g/mol. The first kappa shape index (κ1) is 10.9. The van der Waals surface area contributed by atoms with Crippen LogP contribution < -0.4 is 16.4 Å². The highest BCUT2D eigenvalue weighted by atomic mass is 79.9. The van der Waals surface area contributed by atoms with E-state index in [2.05, 4.69) is 26.6 Å². The van der Waals surface area contributed by atoms with Gasteiger partial charge < -0.3 is 16.4 Å². The van der Waals surface area contributed by atoms with Gasteiger partial charge in [0.25, 0.3) is 5.91 Å². The molecule has 6 heteroatoms. The molecule has 1 saturated heterocycles. The first-order chi connectivity index (χ1) is 7.16. The van der Waals surface area contributed by atoms with Gasteiger partial charge in [-0.2, -0.15) is 0 Å². The largest absolute Gasteiger partial charge is 0.397 e. The molecule has 0 radical (unpaired) electrons. The Balaban J connectivity index is 2.03. The number of nitrogens with two attached hydrogens (primary N) is 1. The third kappa shape index (κ3) is 2.50. The molecule has 1 amide bonds. The molecule has 0 unspecified atom stereocenters. The van der Waals surface area contributed by atoms with E-state index in [1.54, 1.807) is 6.07 Å². The minimum absolute atomic E-state index is 0.0723. The Kier molecular flexibility index (Phi) is 3.28. The van der Waals surface area contributed by atoms with Gasteiger partial charge in [-0.05, 0) is 35.0 Å². The van der Waals surface area contributed by atoms with E-state index in [-0.39, 0.29) is 11.9 Å². The number of carbonyl (C=O) groups excluding carboxylic acids is 1. The molecule has 1 aliphatic rings. The van der Waals surface area contributed by atoms with Gasteiger partial charge in [-0.3, -0.25) is 4.79 Å². The summed E-state index contributed by atoms with van der Waals surface area (Å²) in [7, 11) is 0. The molecule has 2 heterocycles. The molecule has 0 spiro atoms. The maximum atomic E-state index is 11.8. The number of hydrogen-bond acceptors (Lipinski definition) is 4. The summed E-state index contributed by atoms with van der Waals surface area (Å²) in [5.41, 5.74) is 6.26. The van der Waals surface area contributed by atoms with Crippen molar-refractivity contribution >= 4 is 38.9 Å². The Morgan fingerprint density at radius 3 is 3.07 bits per heavy atom. The lowest BCUT2D eigenvalue weighted by atomic mass is 10.2. The van der Waals surface area contributed by atoms with Crippen molar-refractivity contribution < 1.29 is 4.79 Å². The summed E-state index contributed by atoms with van der Waals surface area (Å²) in [6.45, 7) is 1.81. The number of amides is 1. The standard InChI is InChI=1S/C9H12BrN3OS/c10-7-3-6(11)8(15-7)9(14)13-5-1-2-12-4-5/h3,5,12H,1-2,4,11H2,(H,13,14)/t5-/m0/s1. The van der Waals surface area contributed by atoms with Gasteiger partial charge in [0.2, 0.25) is 0 Å². The second-order valence-corrected chi connectivity index (χ2v) is 5.93. The van der Waals surface area contributed by atoms with Crippen LogP contribution in [-0.2, 0) is 0 Å². The van der Waals surface area contributed by atoms with E-state index >= 15 is 0 Å². The van der Waals surface area contributed by atoms with Crippen molar-refractivity contribution in [1.82, 2.24) is 10.6 Å². The summed E-state index contributed by atoms with van der Waals surface area (Å²) in [5.74, 6) is -0.0723. The molecule has 0 saturated carbocycles. The van der Waals surface area contributed by atoms with Crippen LogP contribution in [0.4, 0.5) is 5.69 Å². The fraction of sp³-hybridized carbons (Fsp3) is 0.444. The average Bonchev–Trinajstić information content (AvgIpc) is 2.75. The second-order valence-electron chi connectivity index (χ2n) is 3.50. The topological polar surface area (TPSA) is 67.2 Å². The van der Waals surface area contributed by atoms with Crippen LogP contribution in [0.5, 0.6) is 0 Å². The number of thiophene rings is 1. The molecule has 15 heavy (non-hydrogen) atoms. The van der Waals surface area contributed by atoms with Crippen molar-refractivity contribution in [1.29, 1.82) is 0 Å². The lowest BCUT2D eigenvalue weighted by Gasteiger charge is -2.10. The first-order valence-corrected chi connectivity index (χ1v) is 6.34. The summed E-state index contributed by atoms with van der Waals surface area (Å²) in [6, 6.07) is 1.99. The van der Waals surface area contributed by atoms with E-state index in [4.69, 9.17) is 5.73 Å². The van der Waals surface area contributed by atoms with Crippen molar-refractivity contribution in [2.45, 2.75) is 12.5 Å². The van der Waals surface area contributed by atoms with Crippen LogP contribution in [0.1, 0.15) is 16.1 Å². The summed E-state index contributed by atoms with van der Waals surface area (Å²) >= 11 is 4.68. The molecule has 82 valence electrons. The number of nitrogen functional groups attached to an aromatic ring is 1. The zero-order valence-corrected chi connectivity index (χ0v) is 10.5. The van der Waals surface area contributed by atoms with Gasteiger partial charge in [-0.25, -0.2) is 0 Å². The van der Waals surface area contributed by atoms with E-state index in [1.165, 1.54) is 11.3 Å². The van der Waals surface area contributed by atoms with Crippen LogP contribution in [0.2, 0.25) is 0 Å². The fourth-order valence-electron chi connectivity index (χ4n) is 1.58. The van der Waals surface area contributed by atoms with Crippen LogP contribution in [0.3, 0.4) is 0 Å². The number of anilines is 1. The summed E-state index contributed by atoms with van der Waals surface area (Å²) < 4.78 is 0.884. The van der Waals surface area contributed by atoms with Gasteiger partial charge in [0.1, 0.15) is 4.88 Å². The predicted octanol–water partition coefficient (Wildman–Crippen LogP) is 1.18. The highest BCUT2D eigenvalue weighted by molar-refractivity contribution is 9.11. The summed E-state index contributed by atoms with van der Waals surface area (Å²) in [5, 5.41) is 6.15. The van der Waals surface area contributed by atoms with Crippen molar-refractivity contribution in [2.75, 3.05) is 18.8 Å². The average molecular weight is 290 g/mol. The van der Waals surface area contributed by atoms with E-state index in [0.717, 1.165) is 23.3 Å². The van der Waals surface area contributed by atoms with Gasteiger partial charge in [-0.15, -0.1) is 11.3 Å². The highest BCUT2D eigenvalue weighted by Crippen LogP contribution is 2.28. The molecule has 1 fully saturated rings. The Labute approximate surface area is 100 Å². The minimum Gasteiger partial charge on any atom is -0.397 e. The Morgan fingerprint density at radius 1 is 1.73 bits per heavy atom. The van der Waals surface area contributed by atoms with Crippen LogP contribution in [-0.4, -0.2) is 25.0 Å². The smallest absolute Gasteiger partial charge is 0.263 e. The third-order valence-corrected chi connectivity index (χ3v) is 3.99. The van der Waals surface area contributed by atoms with Gasteiger partial charge in [0, 0.05) is 12.6 Å². The van der Waals surface area contributed by atoms with Gasteiger partial charge in [0.15, 0.2) is 0 Å². The van der Waals surface area contributed by atoms with Crippen LogP contribution in [0, 0.1) is 0 Å². The van der Waals surface area contributed by atoms with E-state index in [1.807, 2.05) is 0 Å². The van der Waals surface area contributed by atoms with Crippen molar-refractivity contribution in [2.24, 2.45) is 0 Å². The lowest BCUT2D eigenvalue weighted by Crippen LogP contribution is -2.36. The van der Waals surface area contributed by atoms with E-state index in [9.17, 15) is 4.79 Å². The quantitative estimate of drug-likeness (QED) is 0.766. The second kappa shape index (κ2) is 4.51. The van der Waals surface area contributed by atoms with Gasteiger partial charge in [0.05, 0.1) is 9.47 Å². The zero-order chi connectivity index (χ0) is 10.8. The van der Waals surface area contributed by atoms with Crippen LogP contribution in [0.15, 0.2) is 9.85 Å². The van der Waals surface area contributed by atoms with Crippen LogP contribution in [0.25, 0.3) is 0 Å². The lowest BCUT2D eigenvalue weighted by molar-refractivity contribution is 0.0945. The molecular formula is C9H12BrN3OS. The molecule has 0 bridgehead atoms. The van der Waals surface area contributed by atoms with Crippen molar-refractivity contribution in [3.05, 3.63) is 14.7 Å². The molecule has 2 rings (SSSR count). The van der Waals surface area contributed by atoms with Crippen molar-refractivity contribution in [3.8, 4) is 0 Å². The molecule has 1 atom stereocenters. The molecule has 1 aromatic rings. The van der Waals surface area contributed by atoms with Gasteiger partial charge >= 0.3 is 0 Å². The van der Waals surface area contributed by atoms with Crippen LogP contribution >= 0.6 is 27.3 Å². The SMILES string of the molecule is Nc1cc(Br)sc1C(=O)N[C@H]1CCNC1. The number of nitrogens with one attached hydrogen (secondary N) is 2. The molecule has 0 aliphatic carbocycles. The molecule has 1 aromatic heterocycles. The maximum absolute atomic E-state index is 11.8. The number of hydrogen-bond donors (Lipinski definition) is 3. The molecule has 0 aromatic carbocycles. The van der Waals surface area contributed by atoms with E-state index < -0.39 is 0 Å². The Morgan fingerprint density at radius 2 is 2.53 bits per heavy atom. The Hall–Kier alpha value is -0.590. The molecule has 1 aliphatic heterocycles. The maximum Gasteiger partial charge on any atom is 0.263 e. The highest BCUT2D eigenvalue weighted by Gasteiger charge is 2.20. The molecule has 4 N–H and O–H groups in total. The fourth-order valence-corrected chi connectivity index (χ4v) is 3.02. The zero-order valence-electron chi connectivity index (χ0n) is 8.05. The normalized spacial score (nSPS) is 20.5. The van der Waals surface area contributed by atoms with Crippen molar-refractivity contribution in [3.63, 3.8) is 0 Å². The Bertz CT molecular complexity index is 373. The predicted molar refractivity (Wildman–Crippen MR) is 65.2 cm³/mol. The van der Waals surface area contributed by atoms with E-state index in [0.29, 0.717) is 10.6 Å². The number of carbonyl (C=O) groups is 1. The summed E-state index contributed by atoms with van der Waals surface area (Å²) in [4.78, 5) is 12.4. The first-order valence-electron chi connectivity index (χ1n) is 4.73. The minimum atomic E-state index is -0.0723. The summed E-state index contributed by atoms with van der Waals surface area (Å²) in [6.07, 6.45) is 0.984. The molecule has 4 nitrogen and oxygen atoms in total. The third-order valence-electron chi connectivity index (χ3n) is 2.33. The molecular weight excluding hydrogens is 278 g/mol.